The quantitative estimate of drug-likeness (QED) is 0.301. The van der Waals surface area contributed by atoms with E-state index >= 15 is 0 Å². The van der Waals surface area contributed by atoms with Crippen molar-refractivity contribution >= 4 is 31.4 Å². The van der Waals surface area contributed by atoms with Crippen LogP contribution in [0, 0.1) is 23.7 Å². The van der Waals surface area contributed by atoms with E-state index in [-0.39, 0.29) is 23.8 Å². The molecule has 25 heavy (non-hydrogen) atoms. The van der Waals surface area contributed by atoms with Crippen LogP contribution in [0.5, 0.6) is 0 Å². The summed E-state index contributed by atoms with van der Waals surface area (Å²) < 4.78 is 11.3. The van der Waals surface area contributed by atoms with Crippen molar-refractivity contribution in [2.24, 2.45) is 23.7 Å². The molecular formula is C20H26O4Se. The van der Waals surface area contributed by atoms with Crippen LogP contribution in [0.4, 0.5) is 0 Å². The Hall–Kier alpha value is -1.58. The summed E-state index contributed by atoms with van der Waals surface area (Å²) in [5.41, 5.74) is 0. The molecule has 0 unspecified atom stereocenters. The molecule has 0 fully saturated rings. The Morgan fingerprint density at radius 3 is 2.28 bits per heavy atom. The van der Waals surface area contributed by atoms with Crippen molar-refractivity contribution in [3.05, 3.63) is 42.5 Å². The van der Waals surface area contributed by atoms with E-state index in [2.05, 4.69) is 30.3 Å². The van der Waals surface area contributed by atoms with Crippen molar-refractivity contribution in [3.63, 3.8) is 0 Å². The summed E-state index contributed by atoms with van der Waals surface area (Å²) in [5.74, 6) is -1.56. The Labute approximate surface area is 156 Å². The number of carbonyl (C=O) groups excluding carboxylic acids is 2. The van der Waals surface area contributed by atoms with E-state index < -0.39 is 11.8 Å². The van der Waals surface area contributed by atoms with E-state index in [1.807, 2.05) is 19.1 Å². The molecule has 0 saturated heterocycles. The van der Waals surface area contributed by atoms with Crippen LogP contribution >= 0.6 is 0 Å². The second kappa shape index (κ2) is 9.79. The summed E-state index contributed by atoms with van der Waals surface area (Å²) in [6, 6.07) is 10.5. The average molecular weight is 409 g/mol. The molecule has 5 heteroatoms. The minimum absolute atomic E-state index is 0.0265. The number of carbonyl (C=O) groups is 2. The van der Waals surface area contributed by atoms with Gasteiger partial charge in [-0.05, 0) is 0 Å². The van der Waals surface area contributed by atoms with Crippen LogP contribution < -0.4 is 4.46 Å². The van der Waals surface area contributed by atoms with Gasteiger partial charge >= 0.3 is 156 Å². The Morgan fingerprint density at radius 2 is 1.64 bits per heavy atom. The van der Waals surface area contributed by atoms with Gasteiger partial charge in [0.25, 0.3) is 0 Å². The predicted octanol–water partition coefficient (Wildman–Crippen LogP) is 2.62. The van der Waals surface area contributed by atoms with Crippen molar-refractivity contribution in [1.82, 2.24) is 0 Å². The molecule has 1 aliphatic rings. The summed E-state index contributed by atoms with van der Waals surface area (Å²) in [6.45, 7) is 1.95. The first-order valence-electron chi connectivity index (χ1n) is 8.60. The third kappa shape index (κ3) is 5.19. The molecule has 0 N–H and O–H groups in total. The van der Waals surface area contributed by atoms with E-state index in [1.165, 1.54) is 18.7 Å². The number of esters is 2. The molecule has 0 aromatic heterocycles. The van der Waals surface area contributed by atoms with Crippen LogP contribution in [0.15, 0.2) is 42.5 Å². The molecule has 1 aromatic carbocycles. The fraction of sp³-hybridized carbons (Fsp3) is 0.500. The second-order valence-corrected chi connectivity index (χ2v) is 8.76. The first-order valence-corrected chi connectivity index (χ1v) is 10.7. The Balaban J connectivity index is 2.00. The number of rotatable bonds is 7. The van der Waals surface area contributed by atoms with E-state index in [0.29, 0.717) is 15.0 Å². The molecule has 0 radical (unpaired) electrons. The van der Waals surface area contributed by atoms with E-state index in [1.54, 1.807) is 0 Å². The van der Waals surface area contributed by atoms with Gasteiger partial charge in [-0.15, -0.1) is 0 Å². The third-order valence-electron chi connectivity index (χ3n) is 4.72. The maximum absolute atomic E-state index is 12.3. The van der Waals surface area contributed by atoms with Gasteiger partial charge in [0, 0.05) is 0 Å². The standard InChI is InChI=1S/C20H26O4Se/c1-14-11-12-15(8-7-13-25-16-9-5-4-6-10-16)18(20(22)24-3)17(14)19(21)23-2/h4-6,9-12,14-15,17-18H,7-8,13H2,1-3H3/t14-,15+,17+,18+/m0/s1. The Bertz CT molecular complexity index is 599. The number of benzene rings is 1. The van der Waals surface area contributed by atoms with Crippen LogP contribution in [0.2, 0.25) is 5.32 Å². The summed E-state index contributed by atoms with van der Waals surface area (Å²) in [7, 11) is 2.76. The van der Waals surface area contributed by atoms with Crippen molar-refractivity contribution in [2.45, 2.75) is 25.1 Å². The van der Waals surface area contributed by atoms with Gasteiger partial charge in [0.2, 0.25) is 0 Å². The zero-order valence-electron chi connectivity index (χ0n) is 15.0. The molecule has 0 aliphatic heterocycles. The van der Waals surface area contributed by atoms with Gasteiger partial charge in [-0.25, -0.2) is 0 Å². The maximum atomic E-state index is 12.3. The van der Waals surface area contributed by atoms with Crippen LogP contribution in [0.1, 0.15) is 19.8 Å². The zero-order chi connectivity index (χ0) is 18.2. The normalized spacial score (nSPS) is 25.4. The second-order valence-electron chi connectivity index (χ2n) is 6.31. The number of hydrogen-bond acceptors (Lipinski definition) is 4. The van der Waals surface area contributed by atoms with Gasteiger partial charge in [0.15, 0.2) is 0 Å². The van der Waals surface area contributed by atoms with Crippen molar-refractivity contribution in [1.29, 1.82) is 0 Å². The monoisotopic (exact) mass is 410 g/mol. The summed E-state index contributed by atoms with van der Waals surface area (Å²) >= 11 is 0.440. The molecule has 0 saturated carbocycles. The van der Waals surface area contributed by atoms with Crippen LogP contribution in [-0.4, -0.2) is 41.1 Å². The number of hydrogen-bond donors (Lipinski definition) is 0. The van der Waals surface area contributed by atoms with Crippen LogP contribution in [0.3, 0.4) is 0 Å². The molecule has 2 rings (SSSR count). The summed E-state index contributed by atoms with van der Waals surface area (Å²) in [4.78, 5) is 24.6. The SMILES string of the molecule is COC(=O)[C@H]1[C@H](C(=O)OC)[C@H](CCC[Se]c2ccccc2)C=C[C@@H]1C. The molecule has 0 heterocycles. The van der Waals surface area contributed by atoms with Crippen LogP contribution in [-0.2, 0) is 19.1 Å². The van der Waals surface area contributed by atoms with Crippen molar-refractivity contribution in [3.8, 4) is 0 Å². The zero-order valence-corrected chi connectivity index (χ0v) is 16.7. The van der Waals surface area contributed by atoms with Gasteiger partial charge in [-0.1, -0.05) is 0 Å². The van der Waals surface area contributed by atoms with Crippen molar-refractivity contribution < 1.29 is 19.1 Å². The molecule has 1 aromatic rings. The van der Waals surface area contributed by atoms with E-state index in [9.17, 15) is 9.59 Å². The third-order valence-corrected chi connectivity index (χ3v) is 7.02. The molecule has 0 spiro atoms. The molecule has 0 bridgehead atoms. The first kappa shape index (κ1) is 19.7. The fourth-order valence-electron chi connectivity index (χ4n) is 3.41. The van der Waals surface area contributed by atoms with Gasteiger partial charge in [0.05, 0.1) is 0 Å². The fourth-order valence-corrected chi connectivity index (χ4v) is 5.29. The molecule has 4 atom stereocenters. The summed E-state index contributed by atoms with van der Waals surface area (Å²) in [6.07, 6.45) is 6.03. The van der Waals surface area contributed by atoms with Gasteiger partial charge in [0.1, 0.15) is 0 Å². The number of ether oxygens (including phenoxy) is 2. The first-order chi connectivity index (χ1) is 12.1. The number of allylic oxidation sites excluding steroid dienone is 2. The topological polar surface area (TPSA) is 52.6 Å². The summed E-state index contributed by atoms with van der Waals surface area (Å²) in [5, 5.41) is 1.12. The van der Waals surface area contributed by atoms with Crippen molar-refractivity contribution in [2.75, 3.05) is 14.2 Å². The Kier molecular flexibility index (Phi) is 7.73. The molecule has 4 nitrogen and oxygen atoms in total. The van der Waals surface area contributed by atoms with E-state index in [0.717, 1.165) is 18.2 Å². The predicted molar refractivity (Wildman–Crippen MR) is 98.7 cm³/mol. The average Bonchev–Trinajstić information content (AvgIpc) is 2.65. The van der Waals surface area contributed by atoms with Crippen LogP contribution in [0.25, 0.3) is 0 Å². The minimum atomic E-state index is -0.466. The van der Waals surface area contributed by atoms with Gasteiger partial charge in [-0.3, -0.25) is 0 Å². The molecule has 0 amide bonds. The Morgan fingerprint density at radius 1 is 1.00 bits per heavy atom. The van der Waals surface area contributed by atoms with E-state index in [4.69, 9.17) is 9.47 Å². The molecule has 1 aliphatic carbocycles. The number of methoxy groups -OCH3 is 2. The van der Waals surface area contributed by atoms with Gasteiger partial charge in [-0.2, -0.15) is 0 Å². The molecular weight excluding hydrogens is 383 g/mol. The van der Waals surface area contributed by atoms with Gasteiger partial charge < -0.3 is 0 Å². The molecule has 136 valence electrons.